The predicted octanol–water partition coefficient (Wildman–Crippen LogP) is 2.24. The number of carbonyl (C=O) groups is 1. The van der Waals surface area contributed by atoms with Crippen molar-refractivity contribution in [2.45, 2.75) is 32.6 Å². The van der Waals surface area contributed by atoms with Crippen LogP contribution in [0.4, 0.5) is 5.13 Å². The van der Waals surface area contributed by atoms with Crippen molar-refractivity contribution in [2.75, 3.05) is 12.8 Å². The first kappa shape index (κ1) is 12.0. The Morgan fingerprint density at radius 1 is 1.53 bits per heavy atom. The molecule has 0 aliphatic carbocycles. The largest absolute Gasteiger partial charge is 0.464 e. The number of ether oxygens (including phenoxy) is 1. The molecule has 0 bridgehead atoms. The highest BCUT2D eigenvalue weighted by Gasteiger charge is 2.16. The van der Waals surface area contributed by atoms with E-state index in [-0.39, 0.29) is 0 Å². The molecule has 1 heterocycles. The van der Waals surface area contributed by atoms with Gasteiger partial charge in [0.2, 0.25) is 0 Å². The first-order valence-electron chi connectivity index (χ1n) is 5.02. The van der Waals surface area contributed by atoms with Gasteiger partial charge in [0.15, 0.2) is 10.8 Å². The number of anilines is 1. The van der Waals surface area contributed by atoms with Gasteiger partial charge in [0.1, 0.15) is 0 Å². The van der Waals surface area contributed by atoms with Gasteiger partial charge in [-0.25, -0.2) is 9.78 Å². The summed E-state index contributed by atoms with van der Waals surface area (Å²) in [5.41, 5.74) is 5.96. The molecule has 0 aromatic carbocycles. The maximum absolute atomic E-state index is 11.3. The number of thiazole rings is 1. The van der Waals surface area contributed by atoms with Gasteiger partial charge in [-0.3, -0.25) is 0 Å². The summed E-state index contributed by atoms with van der Waals surface area (Å²) in [6.07, 6.45) is 4.22. The average Bonchev–Trinajstić information content (AvgIpc) is 2.59. The maximum Gasteiger partial charge on any atom is 0.357 e. The third-order valence-corrected chi connectivity index (χ3v) is 3.04. The summed E-state index contributed by atoms with van der Waals surface area (Å²) < 4.78 is 4.65. The second-order valence-corrected chi connectivity index (χ2v) is 4.39. The monoisotopic (exact) mass is 228 g/mol. The van der Waals surface area contributed by atoms with Crippen molar-refractivity contribution in [1.29, 1.82) is 0 Å². The number of nitrogens with two attached hydrogens (primary N) is 1. The van der Waals surface area contributed by atoms with E-state index in [1.165, 1.54) is 18.4 Å². The van der Waals surface area contributed by atoms with E-state index in [1.807, 2.05) is 0 Å². The second kappa shape index (κ2) is 5.70. The van der Waals surface area contributed by atoms with E-state index in [9.17, 15) is 4.79 Å². The van der Waals surface area contributed by atoms with E-state index in [0.717, 1.165) is 30.6 Å². The van der Waals surface area contributed by atoms with Crippen LogP contribution in [-0.2, 0) is 11.2 Å². The minimum Gasteiger partial charge on any atom is -0.464 e. The molecule has 84 valence electrons. The van der Waals surface area contributed by atoms with Gasteiger partial charge in [-0.1, -0.05) is 19.8 Å². The van der Waals surface area contributed by atoms with Crippen molar-refractivity contribution in [3.63, 3.8) is 0 Å². The minimum atomic E-state index is -0.394. The van der Waals surface area contributed by atoms with Crippen molar-refractivity contribution in [2.24, 2.45) is 0 Å². The number of hydrogen-bond acceptors (Lipinski definition) is 5. The van der Waals surface area contributed by atoms with E-state index < -0.39 is 5.97 Å². The number of nitrogens with zero attached hydrogens (tertiary/aromatic N) is 1. The summed E-state index contributed by atoms with van der Waals surface area (Å²) in [6, 6.07) is 0. The number of aryl methyl sites for hydroxylation is 1. The van der Waals surface area contributed by atoms with Gasteiger partial charge in [0.05, 0.1) is 7.11 Å². The number of aromatic nitrogens is 1. The minimum absolute atomic E-state index is 0.385. The van der Waals surface area contributed by atoms with Gasteiger partial charge < -0.3 is 10.5 Å². The average molecular weight is 228 g/mol. The Morgan fingerprint density at radius 2 is 2.27 bits per heavy atom. The highest BCUT2D eigenvalue weighted by atomic mass is 32.1. The van der Waals surface area contributed by atoms with Crippen molar-refractivity contribution >= 4 is 22.4 Å². The lowest BCUT2D eigenvalue weighted by Gasteiger charge is -1.99. The number of carbonyl (C=O) groups excluding carboxylic acids is 1. The zero-order valence-corrected chi connectivity index (χ0v) is 9.89. The van der Waals surface area contributed by atoms with Crippen molar-refractivity contribution < 1.29 is 9.53 Å². The number of nitrogen functional groups attached to an aromatic ring is 1. The Balaban J connectivity index is 2.72. The number of methoxy groups -OCH3 is 1. The topological polar surface area (TPSA) is 65.2 Å². The molecular weight excluding hydrogens is 212 g/mol. The predicted molar refractivity (Wildman–Crippen MR) is 61.1 cm³/mol. The molecule has 1 aromatic rings. The Bertz CT molecular complexity index is 336. The molecule has 0 saturated carbocycles. The molecule has 1 aromatic heterocycles. The van der Waals surface area contributed by atoms with Crippen LogP contribution in [0.3, 0.4) is 0 Å². The third-order valence-electron chi connectivity index (χ3n) is 2.10. The molecule has 0 spiro atoms. The number of rotatable bonds is 5. The summed E-state index contributed by atoms with van der Waals surface area (Å²) in [5, 5.41) is 0.432. The molecule has 0 atom stereocenters. The third kappa shape index (κ3) is 3.20. The summed E-state index contributed by atoms with van der Waals surface area (Å²) in [5.74, 6) is -0.394. The fraction of sp³-hybridized carbons (Fsp3) is 0.600. The van der Waals surface area contributed by atoms with E-state index in [2.05, 4.69) is 16.6 Å². The fourth-order valence-electron chi connectivity index (χ4n) is 1.33. The molecule has 15 heavy (non-hydrogen) atoms. The molecular formula is C10H16N2O2S. The molecule has 5 heteroatoms. The first-order chi connectivity index (χ1) is 7.19. The van der Waals surface area contributed by atoms with Crippen molar-refractivity contribution in [3.8, 4) is 0 Å². The lowest BCUT2D eigenvalue weighted by molar-refractivity contribution is 0.0594. The molecule has 0 aliphatic heterocycles. The van der Waals surface area contributed by atoms with Gasteiger partial charge in [-0.05, 0) is 12.8 Å². The lowest BCUT2D eigenvalue weighted by Crippen LogP contribution is -2.05. The Labute approximate surface area is 93.5 Å². The number of unbranched alkanes of at least 4 members (excludes halogenated alkanes) is 2. The zero-order chi connectivity index (χ0) is 11.3. The molecule has 0 unspecified atom stereocenters. The lowest BCUT2D eigenvalue weighted by atomic mass is 10.1. The molecule has 0 amide bonds. The van der Waals surface area contributed by atoms with Crippen molar-refractivity contribution in [1.82, 2.24) is 4.98 Å². The highest BCUT2D eigenvalue weighted by molar-refractivity contribution is 7.15. The van der Waals surface area contributed by atoms with Crippen LogP contribution in [0.5, 0.6) is 0 Å². The van der Waals surface area contributed by atoms with Crippen LogP contribution >= 0.6 is 11.3 Å². The standard InChI is InChI=1S/C10H16N2O2S/c1-3-4-5-6-7-8(9(13)14-2)12-10(11)15-7/h3-6H2,1-2H3,(H2,11,12). The summed E-state index contributed by atoms with van der Waals surface area (Å²) >= 11 is 1.37. The number of hydrogen-bond donors (Lipinski definition) is 1. The molecule has 0 fully saturated rings. The maximum atomic E-state index is 11.3. The quantitative estimate of drug-likeness (QED) is 0.620. The van der Waals surface area contributed by atoms with Gasteiger partial charge in [-0.2, -0.15) is 0 Å². The van der Waals surface area contributed by atoms with Crippen LogP contribution in [0.15, 0.2) is 0 Å². The van der Waals surface area contributed by atoms with Crippen LogP contribution in [-0.4, -0.2) is 18.1 Å². The molecule has 4 nitrogen and oxygen atoms in total. The van der Waals surface area contributed by atoms with Crippen LogP contribution in [0.1, 0.15) is 41.6 Å². The molecule has 0 radical (unpaired) electrons. The summed E-state index contributed by atoms with van der Waals surface area (Å²) in [7, 11) is 1.35. The Hall–Kier alpha value is -1.10. The smallest absolute Gasteiger partial charge is 0.357 e. The highest BCUT2D eigenvalue weighted by Crippen LogP contribution is 2.23. The summed E-state index contributed by atoms with van der Waals surface area (Å²) in [6.45, 7) is 2.14. The molecule has 0 aliphatic rings. The van der Waals surface area contributed by atoms with Crippen LogP contribution < -0.4 is 5.73 Å². The Morgan fingerprint density at radius 3 is 2.87 bits per heavy atom. The van der Waals surface area contributed by atoms with Crippen LogP contribution in [0.2, 0.25) is 0 Å². The molecule has 2 N–H and O–H groups in total. The van der Waals surface area contributed by atoms with Crippen molar-refractivity contribution in [3.05, 3.63) is 10.6 Å². The Kier molecular flexibility index (Phi) is 4.55. The van der Waals surface area contributed by atoms with Crippen LogP contribution in [0, 0.1) is 0 Å². The van der Waals surface area contributed by atoms with E-state index in [0.29, 0.717) is 10.8 Å². The molecule has 0 saturated heterocycles. The molecule has 1 rings (SSSR count). The van der Waals surface area contributed by atoms with Gasteiger partial charge in [0.25, 0.3) is 0 Å². The summed E-state index contributed by atoms with van der Waals surface area (Å²) in [4.78, 5) is 16.3. The van der Waals surface area contributed by atoms with Gasteiger partial charge in [-0.15, -0.1) is 11.3 Å². The number of esters is 1. The second-order valence-electron chi connectivity index (χ2n) is 3.27. The van der Waals surface area contributed by atoms with Crippen LogP contribution in [0.25, 0.3) is 0 Å². The van der Waals surface area contributed by atoms with E-state index in [1.54, 1.807) is 0 Å². The zero-order valence-electron chi connectivity index (χ0n) is 9.08. The van der Waals surface area contributed by atoms with Gasteiger partial charge >= 0.3 is 5.97 Å². The first-order valence-corrected chi connectivity index (χ1v) is 5.84. The SMILES string of the molecule is CCCCCc1sc(N)nc1C(=O)OC. The normalized spacial score (nSPS) is 10.3. The van der Waals surface area contributed by atoms with E-state index >= 15 is 0 Å². The fourth-order valence-corrected chi connectivity index (χ4v) is 2.19. The van der Waals surface area contributed by atoms with Gasteiger partial charge in [0, 0.05) is 4.88 Å². The van der Waals surface area contributed by atoms with E-state index in [4.69, 9.17) is 5.73 Å².